The van der Waals surface area contributed by atoms with E-state index in [1.807, 2.05) is 6.92 Å². The molecular weight excluding hydrogens is 202 g/mol. The summed E-state index contributed by atoms with van der Waals surface area (Å²) in [7, 11) is 0. The molecule has 0 aromatic rings. The lowest BCUT2D eigenvalue weighted by Gasteiger charge is -2.07. The molecule has 0 heterocycles. The van der Waals surface area contributed by atoms with Crippen LogP contribution in [0.1, 0.15) is 19.8 Å². The maximum atomic E-state index is 11.0. The van der Waals surface area contributed by atoms with E-state index in [1.54, 1.807) is 0 Å². The first-order chi connectivity index (χ1) is 6.70. The minimum Gasteiger partial charge on any atom is -0.466 e. The molecule has 4 nitrogen and oxygen atoms in total. The van der Waals surface area contributed by atoms with E-state index in [0.29, 0.717) is 6.61 Å². The van der Waals surface area contributed by atoms with Gasteiger partial charge in [0.1, 0.15) is 6.61 Å². The molecule has 0 saturated heterocycles. The number of alkyl carbamates (subject to hydrolysis) is 1. The zero-order valence-corrected chi connectivity index (χ0v) is 9.06. The van der Waals surface area contributed by atoms with Gasteiger partial charge in [0, 0.05) is 0 Å². The second-order valence-corrected chi connectivity index (χ2v) is 2.87. The Hall–Kier alpha value is -1.10. The van der Waals surface area contributed by atoms with E-state index in [-0.39, 0.29) is 11.8 Å². The molecule has 0 aliphatic carbocycles. The van der Waals surface area contributed by atoms with Gasteiger partial charge < -0.3 is 9.47 Å². The summed E-state index contributed by atoms with van der Waals surface area (Å²) >= 11 is 4.69. The van der Waals surface area contributed by atoms with Gasteiger partial charge in [-0.1, -0.05) is 26.0 Å². The molecule has 0 aliphatic heterocycles. The van der Waals surface area contributed by atoms with Crippen molar-refractivity contribution in [1.82, 2.24) is 5.32 Å². The normalized spacial score (nSPS) is 8.93. The first kappa shape index (κ1) is 12.9. The Kier molecular flexibility index (Phi) is 7.83. The fourth-order valence-electron chi connectivity index (χ4n) is 0.599. The Balaban J connectivity index is 3.50. The van der Waals surface area contributed by atoms with E-state index in [4.69, 9.17) is 21.7 Å². The molecule has 1 amide bonds. The van der Waals surface area contributed by atoms with Crippen LogP contribution in [-0.2, 0) is 9.47 Å². The van der Waals surface area contributed by atoms with Crippen molar-refractivity contribution in [3.05, 3.63) is 12.7 Å². The number of amides is 1. The van der Waals surface area contributed by atoms with Crippen LogP contribution in [0.2, 0.25) is 0 Å². The standard InChI is InChI=1S/C9H15NO3S/c1-3-5-7-12-8(11)10-9(14)13-6-4-2/h4H,2-3,5-7H2,1H3,(H,10,11,14). The van der Waals surface area contributed by atoms with Crippen molar-refractivity contribution < 1.29 is 14.3 Å². The number of carbonyl (C=O) groups is 1. The summed E-state index contributed by atoms with van der Waals surface area (Å²) in [5, 5.41) is 2.28. The number of ether oxygens (including phenoxy) is 2. The SMILES string of the molecule is C=CCOC(=S)NC(=O)OCCCC. The minimum absolute atomic E-state index is 0.00592. The van der Waals surface area contributed by atoms with Crippen LogP contribution in [0, 0.1) is 0 Å². The van der Waals surface area contributed by atoms with Gasteiger partial charge in [-0.3, -0.25) is 5.32 Å². The van der Waals surface area contributed by atoms with Gasteiger partial charge in [-0.25, -0.2) is 4.79 Å². The Morgan fingerprint density at radius 3 is 2.86 bits per heavy atom. The fourth-order valence-corrected chi connectivity index (χ4v) is 0.751. The predicted molar refractivity (Wildman–Crippen MR) is 58.1 cm³/mol. The highest BCUT2D eigenvalue weighted by atomic mass is 32.1. The molecule has 0 unspecified atom stereocenters. The number of carbonyl (C=O) groups excluding carboxylic acids is 1. The van der Waals surface area contributed by atoms with E-state index in [9.17, 15) is 4.79 Å². The number of nitrogens with one attached hydrogen (secondary N) is 1. The van der Waals surface area contributed by atoms with Crippen LogP contribution in [-0.4, -0.2) is 24.5 Å². The van der Waals surface area contributed by atoms with E-state index < -0.39 is 6.09 Å². The second-order valence-electron chi connectivity index (χ2n) is 2.50. The predicted octanol–water partition coefficient (Wildman–Crippen LogP) is 2.00. The van der Waals surface area contributed by atoms with Gasteiger partial charge in [-0.2, -0.15) is 0 Å². The van der Waals surface area contributed by atoms with E-state index in [1.165, 1.54) is 6.08 Å². The van der Waals surface area contributed by atoms with Crippen molar-refractivity contribution in [2.24, 2.45) is 0 Å². The lowest BCUT2D eigenvalue weighted by Crippen LogP contribution is -2.31. The first-order valence-electron chi connectivity index (χ1n) is 4.42. The van der Waals surface area contributed by atoms with E-state index >= 15 is 0 Å². The zero-order valence-electron chi connectivity index (χ0n) is 8.25. The summed E-state index contributed by atoms with van der Waals surface area (Å²) in [6.45, 7) is 6.12. The minimum atomic E-state index is -0.576. The molecule has 5 heteroatoms. The number of thiocarbonyl (C=S) groups is 1. The van der Waals surface area contributed by atoms with Gasteiger partial charge in [0.15, 0.2) is 0 Å². The Morgan fingerprint density at radius 1 is 1.57 bits per heavy atom. The molecule has 0 bridgehead atoms. The molecule has 14 heavy (non-hydrogen) atoms. The van der Waals surface area contributed by atoms with E-state index in [0.717, 1.165) is 12.8 Å². The number of unbranched alkanes of at least 4 members (excludes halogenated alkanes) is 1. The van der Waals surface area contributed by atoms with Crippen LogP contribution >= 0.6 is 12.2 Å². The quantitative estimate of drug-likeness (QED) is 0.434. The van der Waals surface area contributed by atoms with Crippen LogP contribution in [0.25, 0.3) is 0 Å². The number of hydrogen-bond donors (Lipinski definition) is 1. The Bertz CT molecular complexity index is 206. The molecule has 0 rings (SSSR count). The van der Waals surface area contributed by atoms with Crippen LogP contribution in [0.4, 0.5) is 4.79 Å². The lowest BCUT2D eigenvalue weighted by atomic mass is 10.4. The first-order valence-corrected chi connectivity index (χ1v) is 4.83. The van der Waals surface area contributed by atoms with Crippen molar-refractivity contribution >= 4 is 23.5 Å². The molecular formula is C9H15NO3S. The molecule has 0 aromatic carbocycles. The Labute approximate surface area is 89.3 Å². The molecule has 0 radical (unpaired) electrons. The average Bonchev–Trinajstić information content (AvgIpc) is 2.15. The molecule has 0 spiro atoms. The fraction of sp³-hybridized carbons (Fsp3) is 0.556. The average molecular weight is 217 g/mol. The van der Waals surface area contributed by atoms with Gasteiger partial charge in [0.2, 0.25) is 0 Å². The highest BCUT2D eigenvalue weighted by Crippen LogP contribution is 1.89. The monoisotopic (exact) mass is 217 g/mol. The topological polar surface area (TPSA) is 47.6 Å². The molecule has 1 N–H and O–H groups in total. The van der Waals surface area contributed by atoms with Crippen LogP contribution in [0.15, 0.2) is 12.7 Å². The molecule has 0 fully saturated rings. The van der Waals surface area contributed by atoms with Gasteiger partial charge in [0.25, 0.3) is 5.17 Å². The van der Waals surface area contributed by atoms with Gasteiger partial charge >= 0.3 is 6.09 Å². The highest BCUT2D eigenvalue weighted by molar-refractivity contribution is 7.80. The van der Waals surface area contributed by atoms with Gasteiger partial charge in [-0.15, -0.1) is 0 Å². The number of rotatable bonds is 5. The van der Waals surface area contributed by atoms with Crippen LogP contribution in [0.3, 0.4) is 0 Å². The van der Waals surface area contributed by atoms with Gasteiger partial charge in [0.05, 0.1) is 6.61 Å². The summed E-state index contributed by atoms with van der Waals surface area (Å²) in [4.78, 5) is 11.0. The lowest BCUT2D eigenvalue weighted by molar-refractivity contribution is 0.147. The molecule has 0 saturated carbocycles. The van der Waals surface area contributed by atoms with Crippen molar-refractivity contribution in [3.8, 4) is 0 Å². The van der Waals surface area contributed by atoms with E-state index in [2.05, 4.69) is 11.9 Å². The van der Waals surface area contributed by atoms with Crippen LogP contribution in [0.5, 0.6) is 0 Å². The third-order valence-electron chi connectivity index (χ3n) is 1.27. The largest absolute Gasteiger partial charge is 0.466 e. The molecule has 0 aromatic heterocycles. The number of hydrogen-bond acceptors (Lipinski definition) is 4. The smallest absolute Gasteiger partial charge is 0.414 e. The van der Waals surface area contributed by atoms with Crippen molar-refractivity contribution in [2.75, 3.05) is 13.2 Å². The summed E-state index contributed by atoms with van der Waals surface area (Å²) in [6, 6.07) is 0. The Morgan fingerprint density at radius 2 is 2.29 bits per heavy atom. The summed E-state index contributed by atoms with van der Waals surface area (Å²) in [5.41, 5.74) is 0. The third-order valence-corrected chi connectivity index (χ3v) is 1.49. The van der Waals surface area contributed by atoms with Crippen LogP contribution < -0.4 is 5.32 Å². The molecule has 80 valence electrons. The van der Waals surface area contributed by atoms with Crippen molar-refractivity contribution in [3.63, 3.8) is 0 Å². The third kappa shape index (κ3) is 7.54. The highest BCUT2D eigenvalue weighted by Gasteiger charge is 2.04. The second kappa shape index (κ2) is 8.50. The zero-order chi connectivity index (χ0) is 10.8. The van der Waals surface area contributed by atoms with Gasteiger partial charge in [-0.05, 0) is 18.6 Å². The molecule has 0 atom stereocenters. The summed E-state index contributed by atoms with van der Waals surface area (Å²) in [6.07, 6.45) is 2.78. The maximum absolute atomic E-state index is 11.0. The van der Waals surface area contributed by atoms with Crippen molar-refractivity contribution in [1.29, 1.82) is 0 Å². The van der Waals surface area contributed by atoms with Crippen molar-refractivity contribution in [2.45, 2.75) is 19.8 Å². The summed E-state index contributed by atoms with van der Waals surface area (Å²) in [5.74, 6) is 0. The molecule has 0 aliphatic rings. The summed E-state index contributed by atoms with van der Waals surface area (Å²) < 4.78 is 9.66. The maximum Gasteiger partial charge on any atom is 0.414 e.